The Balaban J connectivity index is 1.63. The SMILES string of the molecule is COC(=O)C[C@H]1C(C)(C)[C@H](O)[C@@H]2C[C@]3(O)[C@@H]4CC(=O)O[C@@H](c5ccoc5)[C@]4(C)CC[C@@H]3[C@@]1(C)C2=O. The van der Waals surface area contributed by atoms with Crippen molar-refractivity contribution >= 4 is 17.7 Å². The minimum atomic E-state index is -1.38. The summed E-state index contributed by atoms with van der Waals surface area (Å²) in [6.45, 7) is 7.69. The highest BCUT2D eigenvalue weighted by atomic mass is 16.5. The molecule has 0 amide bonds. The number of carbonyl (C=O) groups excluding carboxylic acids is 3. The lowest BCUT2D eigenvalue weighted by molar-refractivity contribution is -0.277. The normalized spacial score (nSPS) is 46.3. The number of aliphatic hydroxyl groups excluding tert-OH is 1. The summed E-state index contributed by atoms with van der Waals surface area (Å²) in [5.41, 5.74) is -3.01. The summed E-state index contributed by atoms with van der Waals surface area (Å²) in [6, 6.07) is 1.78. The first-order valence-corrected chi connectivity index (χ1v) is 12.5. The highest BCUT2D eigenvalue weighted by Crippen LogP contribution is 2.70. The van der Waals surface area contributed by atoms with Gasteiger partial charge in [-0.1, -0.05) is 27.7 Å². The number of hydrogen-bond acceptors (Lipinski definition) is 8. The number of furan rings is 1. The van der Waals surface area contributed by atoms with E-state index in [1.165, 1.54) is 13.4 Å². The van der Waals surface area contributed by atoms with E-state index >= 15 is 0 Å². The number of fused-ring (bicyclic) bond motifs is 6. The van der Waals surface area contributed by atoms with Gasteiger partial charge in [0.25, 0.3) is 0 Å². The highest BCUT2D eigenvalue weighted by molar-refractivity contribution is 5.91. The zero-order valence-electron chi connectivity index (χ0n) is 21.1. The van der Waals surface area contributed by atoms with Gasteiger partial charge in [-0.3, -0.25) is 14.4 Å². The van der Waals surface area contributed by atoms with E-state index in [1.807, 2.05) is 27.7 Å². The van der Waals surface area contributed by atoms with Gasteiger partial charge in [-0.2, -0.15) is 0 Å². The minimum Gasteiger partial charge on any atom is -0.472 e. The smallest absolute Gasteiger partial charge is 0.306 e. The van der Waals surface area contributed by atoms with Gasteiger partial charge < -0.3 is 24.1 Å². The third-order valence-corrected chi connectivity index (χ3v) is 10.5. The monoisotopic (exact) mass is 488 g/mol. The van der Waals surface area contributed by atoms with Crippen LogP contribution in [0.5, 0.6) is 0 Å². The molecule has 2 N–H and O–H groups in total. The number of ketones is 1. The van der Waals surface area contributed by atoms with E-state index < -0.39 is 69.7 Å². The van der Waals surface area contributed by atoms with Crippen LogP contribution >= 0.6 is 0 Å². The molecular formula is C27H36O8. The second-order valence-electron chi connectivity index (χ2n) is 12.3. The Morgan fingerprint density at radius 3 is 2.54 bits per heavy atom. The van der Waals surface area contributed by atoms with E-state index in [9.17, 15) is 24.6 Å². The van der Waals surface area contributed by atoms with Gasteiger partial charge in [0, 0.05) is 40.6 Å². The van der Waals surface area contributed by atoms with Crippen LogP contribution in [-0.4, -0.2) is 46.7 Å². The number of carbonyl (C=O) groups is 3. The molecule has 9 atom stereocenters. The third-order valence-electron chi connectivity index (χ3n) is 10.5. The molecule has 1 aromatic rings. The van der Waals surface area contributed by atoms with Crippen LogP contribution in [0.2, 0.25) is 0 Å². The third kappa shape index (κ3) is 3.08. The molecule has 192 valence electrons. The van der Waals surface area contributed by atoms with Crippen LogP contribution < -0.4 is 0 Å². The van der Waals surface area contributed by atoms with Crippen LogP contribution in [0.15, 0.2) is 23.0 Å². The zero-order valence-corrected chi connectivity index (χ0v) is 21.1. The lowest BCUT2D eigenvalue weighted by Gasteiger charge is -2.69. The predicted molar refractivity (Wildman–Crippen MR) is 123 cm³/mol. The molecule has 3 saturated carbocycles. The molecule has 0 spiro atoms. The van der Waals surface area contributed by atoms with Crippen molar-refractivity contribution in [1.29, 1.82) is 0 Å². The van der Waals surface area contributed by atoms with Crippen LogP contribution in [0.25, 0.3) is 0 Å². The summed E-state index contributed by atoms with van der Waals surface area (Å²) >= 11 is 0. The number of rotatable bonds is 3. The lowest BCUT2D eigenvalue weighted by Crippen LogP contribution is -2.74. The Kier molecular flexibility index (Phi) is 5.36. The molecule has 1 saturated heterocycles. The summed E-state index contributed by atoms with van der Waals surface area (Å²) in [7, 11) is 1.31. The van der Waals surface area contributed by atoms with Crippen LogP contribution in [0.4, 0.5) is 0 Å². The highest BCUT2D eigenvalue weighted by Gasteiger charge is 2.74. The maximum Gasteiger partial charge on any atom is 0.306 e. The van der Waals surface area contributed by atoms with Crippen molar-refractivity contribution in [2.45, 2.75) is 77.6 Å². The summed E-state index contributed by atoms with van der Waals surface area (Å²) < 4.78 is 16.1. The topological polar surface area (TPSA) is 123 Å². The Morgan fingerprint density at radius 1 is 1.20 bits per heavy atom. The van der Waals surface area contributed by atoms with Crippen molar-refractivity contribution in [2.24, 2.45) is 39.9 Å². The molecule has 2 bridgehead atoms. The predicted octanol–water partition coefficient (Wildman–Crippen LogP) is 3.21. The molecular weight excluding hydrogens is 452 g/mol. The van der Waals surface area contributed by atoms with Crippen LogP contribution in [-0.2, 0) is 23.9 Å². The first kappa shape index (κ1) is 24.5. The van der Waals surface area contributed by atoms with E-state index in [2.05, 4.69) is 0 Å². The first-order chi connectivity index (χ1) is 16.3. The number of methoxy groups -OCH3 is 1. The summed E-state index contributed by atoms with van der Waals surface area (Å²) in [5, 5.41) is 24.0. The second kappa shape index (κ2) is 7.65. The summed E-state index contributed by atoms with van der Waals surface area (Å²) in [4.78, 5) is 39.3. The van der Waals surface area contributed by atoms with E-state index in [1.54, 1.807) is 12.3 Å². The Hall–Kier alpha value is -2.19. The average molecular weight is 489 g/mol. The molecule has 0 aromatic carbocycles. The first-order valence-electron chi connectivity index (χ1n) is 12.5. The molecule has 3 aliphatic carbocycles. The van der Waals surface area contributed by atoms with Crippen molar-refractivity contribution in [3.8, 4) is 0 Å². The fourth-order valence-electron chi connectivity index (χ4n) is 8.78. The fraction of sp³-hybridized carbons (Fsp3) is 0.741. The molecule has 1 aromatic heterocycles. The largest absolute Gasteiger partial charge is 0.472 e. The van der Waals surface area contributed by atoms with Gasteiger partial charge >= 0.3 is 11.9 Å². The van der Waals surface area contributed by atoms with Gasteiger partial charge in [0.15, 0.2) is 0 Å². The van der Waals surface area contributed by atoms with E-state index in [4.69, 9.17) is 13.9 Å². The Morgan fingerprint density at radius 2 is 1.91 bits per heavy atom. The maximum atomic E-state index is 13.9. The number of hydrogen-bond donors (Lipinski definition) is 2. The molecule has 5 rings (SSSR count). The standard InChI is InChI=1S/C27H36O8/c1-24(2)17(10-19(28)33-5)26(4)16-6-8-25(3)18(27(16,32)12-15(21(24)30)22(26)31)11-20(29)35-23(25)14-7-9-34-13-14/h7,9,13,15-18,21,23,30,32H,6,8,10-12H2,1-5H3/t15-,16+,17-,18+,21+,23-,25+,26+,27+/m0/s1. The number of ether oxygens (including phenoxy) is 2. The van der Waals surface area contributed by atoms with Gasteiger partial charge in [-0.25, -0.2) is 0 Å². The minimum absolute atomic E-state index is 0.0241. The Labute approximate surface area is 205 Å². The molecule has 2 heterocycles. The fourth-order valence-corrected chi connectivity index (χ4v) is 8.78. The van der Waals surface area contributed by atoms with Crippen LogP contribution in [0.1, 0.15) is 71.5 Å². The van der Waals surface area contributed by atoms with E-state index in [0.717, 1.165) is 5.56 Å². The molecule has 4 aliphatic rings. The van der Waals surface area contributed by atoms with Crippen molar-refractivity contribution in [1.82, 2.24) is 0 Å². The second-order valence-corrected chi connectivity index (χ2v) is 12.3. The van der Waals surface area contributed by atoms with Gasteiger partial charge in [0.2, 0.25) is 0 Å². The molecule has 8 heteroatoms. The number of aliphatic hydroxyl groups is 2. The summed E-state index contributed by atoms with van der Waals surface area (Å²) in [5.74, 6) is -3.18. The number of esters is 2. The van der Waals surface area contributed by atoms with Crippen molar-refractivity contribution in [3.05, 3.63) is 24.2 Å². The molecule has 0 unspecified atom stereocenters. The van der Waals surface area contributed by atoms with Crippen LogP contribution in [0.3, 0.4) is 0 Å². The maximum absolute atomic E-state index is 13.9. The molecule has 0 radical (unpaired) electrons. The lowest BCUT2D eigenvalue weighted by atomic mass is 9.36. The van der Waals surface area contributed by atoms with E-state index in [-0.39, 0.29) is 25.0 Å². The van der Waals surface area contributed by atoms with Gasteiger partial charge in [0.1, 0.15) is 11.9 Å². The molecule has 4 fully saturated rings. The molecule has 8 nitrogen and oxygen atoms in total. The van der Waals surface area contributed by atoms with Crippen molar-refractivity contribution < 1.29 is 38.5 Å². The van der Waals surface area contributed by atoms with Gasteiger partial charge in [0.05, 0.1) is 37.8 Å². The Bertz CT molecular complexity index is 1050. The van der Waals surface area contributed by atoms with E-state index in [0.29, 0.717) is 12.8 Å². The van der Waals surface area contributed by atoms with Gasteiger partial charge in [-0.15, -0.1) is 0 Å². The molecule has 1 aliphatic heterocycles. The van der Waals surface area contributed by atoms with Crippen molar-refractivity contribution in [3.63, 3.8) is 0 Å². The quantitative estimate of drug-likeness (QED) is 0.622. The number of Topliss-reactive ketones (excluding diaryl/α,β-unsaturated/α-hetero) is 1. The van der Waals surface area contributed by atoms with Gasteiger partial charge in [-0.05, 0) is 36.7 Å². The summed E-state index contributed by atoms with van der Waals surface area (Å²) in [6.07, 6.45) is 2.78. The van der Waals surface area contributed by atoms with Crippen LogP contribution in [0, 0.1) is 39.9 Å². The van der Waals surface area contributed by atoms with Crippen molar-refractivity contribution in [2.75, 3.05) is 7.11 Å². The number of cyclic esters (lactones) is 1. The zero-order chi connectivity index (χ0) is 25.6. The average Bonchev–Trinajstić information content (AvgIpc) is 3.33. The molecule has 35 heavy (non-hydrogen) atoms.